The van der Waals surface area contributed by atoms with Gasteiger partial charge in [-0.05, 0) is 36.8 Å². The van der Waals surface area contributed by atoms with Gasteiger partial charge in [0.05, 0.1) is 6.04 Å². The molecule has 2 rings (SSSR count). The second-order valence-corrected chi connectivity index (χ2v) is 5.70. The molecule has 1 fully saturated rings. The number of carbonyl (C=O) groups is 1. The van der Waals surface area contributed by atoms with Crippen molar-refractivity contribution in [1.29, 1.82) is 0 Å². The number of carbonyl (C=O) groups excluding carboxylic acids is 1. The first-order valence-corrected chi connectivity index (χ1v) is 6.94. The monoisotopic (exact) mass is 245 g/mol. The summed E-state index contributed by atoms with van der Waals surface area (Å²) in [6, 6.07) is 8.75. The molecular formula is C16H23NO. The molecule has 0 N–H and O–H groups in total. The number of rotatable bonds is 3. The summed E-state index contributed by atoms with van der Waals surface area (Å²) in [5.41, 5.74) is 2.62. The van der Waals surface area contributed by atoms with Crippen LogP contribution in [0.3, 0.4) is 0 Å². The van der Waals surface area contributed by atoms with Crippen molar-refractivity contribution in [3.8, 4) is 0 Å². The SMILES string of the molecule is Cc1ccccc1C1CCCN1C(=O)CC(C)C. The largest absolute Gasteiger partial charge is 0.336 e. The summed E-state index contributed by atoms with van der Waals surface area (Å²) in [6.07, 6.45) is 2.90. The minimum atomic E-state index is 0.303. The van der Waals surface area contributed by atoms with Gasteiger partial charge in [0, 0.05) is 13.0 Å². The van der Waals surface area contributed by atoms with Gasteiger partial charge in [0.25, 0.3) is 0 Å². The molecule has 2 heteroatoms. The van der Waals surface area contributed by atoms with E-state index in [0.717, 1.165) is 19.4 Å². The van der Waals surface area contributed by atoms with Gasteiger partial charge >= 0.3 is 0 Å². The van der Waals surface area contributed by atoms with Crippen molar-refractivity contribution in [2.45, 2.75) is 46.1 Å². The Morgan fingerprint density at radius 3 is 2.78 bits per heavy atom. The van der Waals surface area contributed by atoms with Gasteiger partial charge in [-0.1, -0.05) is 38.1 Å². The molecule has 18 heavy (non-hydrogen) atoms. The lowest BCUT2D eigenvalue weighted by Crippen LogP contribution is -2.31. The minimum absolute atomic E-state index is 0.303. The Hall–Kier alpha value is -1.31. The fourth-order valence-electron chi connectivity index (χ4n) is 2.82. The van der Waals surface area contributed by atoms with Crippen molar-refractivity contribution in [2.75, 3.05) is 6.54 Å². The third-order valence-corrected chi connectivity index (χ3v) is 3.70. The Labute approximate surface area is 110 Å². The van der Waals surface area contributed by atoms with Gasteiger partial charge in [-0.3, -0.25) is 4.79 Å². The predicted molar refractivity (Wildman–Crippen MR) is 74.3 cm³/mol. The predicted octanol–water partition coefficient (Wildman–Crippen LogP) is 3.70. The maximum atomic E-state index is 12.3. The zero-order chi connectivity index (χ0) is 13.1. The van der Waals surface area contributed by atoms with Gasteiger partial charge in [-0.15, -0.1) is 0 Å². The molecule has 0 saturated carbocycles. The van der Waals surface area contributed by atoms with E-state index in [4.69, 9.17) is 0 Å². The molecule has 0 bridgehead atoms. The first-order valence-electron chi connectivity index (χ1n) is 6.94. The lowest BCUT2D eigenvalue weighted by molar-refractivity contribution is -0.132. The Morgan fingerprint density at radius 2 is 2.11 bits per heavy atom. The molecule has 1 amide bonds. The molecule has 1 unspecified atom stereocenters. The minimum Gasteiger partial charge on any atom is -0.336 e. The molecule has 1 atom stereocenters. The summed E-state index contributed by atoms with van der Waals surface area (Å²) in [4.78, 5) is 14.4. The highest BCUT2D eigenvalue weighted by Gasteiger charge is 2.30. The van der Waals surface area contributed by atoms with E-state index >= 15 is 0 Å². The van der Waals surface area contributed by atoms with Crippen LogP contribution in [0.4, 0.5) is 0 Å². The average molecular weight is 245 g/mol. The van der Waals surface area contributed by atoms with E-state index in [-0.39, 0.29) is 0 Å². The fraction of sp³-hybridized carbons (Fsp3) is 0.562. The standard InChI is InChI=1S/C16H23NO/c1-12(2)11-16(18)17-10-6-9-15(17)14-8-5-4-7-13(14)3/h4-5,7-8,12,15H,6,9-11H2,1-3H3. The third-order valence-electron chi connectivity index (χ3n) is 3.70. The van der Waals surface area contributed by atoms with Crippen LogP contribution in [-0.2, 0) is 4.79 Å². The van der Waals surface area contributed by atoms with Crippen molar-refractivity contribution in [3.63, 3.8) is 0 Å². The molecular weight excluding hydrogens is 222 g/mol. The van der Waals surface area contributed by atoms with E-state index in [9.17, 15) is 4.79 Å². The lowest BCUT2D eigenvalue weighted by atomic mass is 9.99. The van der Waals surface area contributed by atoms with E-state index in [2.05, 4.69) is 49.9 Å². The number of hydrogen-bond acceptors (Lipinski definition) is 1. The summed E-state index contributed by atoms with van der Waals surface area (Å²) in [7, 11) is 0. The zero-order valence-electron chi connectivity index (χ0n) is 11.6. The van der Waals surface area contributed by atoms with Gasteiger partial charge in [-0.25, -0.2) is 0 Å². The highest BCUT2D eigenvalue weighted by Crippen LogP contribution is 2.34. The maximum absolute atomic E-state index is 12.3. The summed E-state index contributed by atoms with van der Waals surface area (Å²) in [5, 5.41) is 0. The Balaban J connectivity index is 2.18. The smallest absolute Gasteiger partial charge is 0.223 e. The van der Waals surface area contributed by atoms with Crippen LogP contribution in [0.1, 0.15) is 50.3 Å². The van der Waals surface area contributed by atoms with Crippen LogP contribution in [0, 0.1) is 12.8 Å². The summed E-state index contributed by atoms with van der Waals surface area (Å²) in [5.74, 6) is 0.756. The van der Waals surface area contributed by atoms with Gasteiger partial charge in [-0.2, -0.15) is 0 Å². The van der Waals surface area contributed by atoms with Crippen LogP contribution >= 0.6 is 0 Å². The highest BCUT2D eigenvalue weighted by atomic mass is 16.2. The molecule has 2 nitrogen and oxygen atoms in total. The molecule has 1 aromatic carbocycles. The molecule has 1 aliphatic heterocycles. The lowest BCUT2D eigenvalue weighted by Gasteiger charge is -2.27. The summed E-state index contributed by atoms with van der Waals surface area (Å²) >= 11 is 0. The van der Waals surface area contributed by atoms with Crippen LogP contribution in [0.5, 0.6) is 0 Å². The third kappa shape index (κ3) is 2.74. The zero-order valence-corrected chi connectivity index (χ0v) is 11.6. The summed E-state index contributed by atoms with van der Waals surface area (Å²) in [6.45, 7) is 7.27. The number of likely N-dealkylation sites (tertiary alicyclic amines) is 1. The number of hydrogen-bond donors (Lipinski definition) is 0. The number of benzene rings is 1. The topological polar surface area (TPSA) is 20.3 Å². The average Bonchev–Trinajstić information content (AvgIpc) is 2.77. The molecule has 98 valence electrons. The van der Waals surface area contributed by atoms with E-state index in [1.807, 2.05) is 0 Å². The van der Waals surface area contributed by atoms with Crippen molar-refractivity contribution >= 4 is 5.91 Å². The molecule has 1 aliphatic rings. The van der Waals surface area contributed by atoms with E-state index in [1.54, 1.807) is 0 Å². The Kier molecular flexibility index (Phi) is 4.05. The first kappa shape index (κ1) is 13.1. The molecule has 0 radical (unpaired) electrons. The molecule has 1 saturated heterocycles. The van der Waals surface area contributed by atoms with Crippen LogP contribution in [0.25, 0.3) is 0 Å². The van der Waals surface area contributed by atoms with Gasteiger partial charge < -0.3 is 4.90 Å². The van der Waals surface area contributed by atoms with Gasteiger partial charge in [0.2, 0.25) is 5.91 Å². The van der Waals surface area contributed by atoms with Crippen LogP contribution in [-0.4, -0.2) is 17.4 Å². The highest BCUT2D eigenvalue weighted by molar-refractivity contribution is 5.77. The van der Waals surface area contributed by atoms with E-state index in [1.165, 1.54) is 11.1 Å². The Morgan fingerprint density at radius 1 is 1.39 bits per heavy atom. The van der Waals surface area contributed by atoms with Gasteiger partial charge in [0.15, 0.2) is 0 Å². The fourth-order valence-corrected chi connectivity index (χ4v) is 2.82. The van der Waals surface area contributed by atoms with Crippen molar-refractivity contribution < 1.29 is 4.79 Å². The molecule has 0 spiro atoms. The Bertz CT molecular complexity index is 425. The normalized spacial score (nSPS) is 19.6. The molecule has 0 aliphatic carbocycles. The molecule has 1 aromatic rings. The maximum Gasteiger partial charge on any atom is 0.223 e. The number of aryl methyl sites for hydroxylation is 1. The van der Waals surface area contributed by atoms with Crippen molar-refractivity contribution in [3.05, 3.63) is 35.4 Å². The first-order chi connectivity index (χ1) is 8.59. The molecule has 1 heterocycles. The summed E-state index contributed by atoms with van der Waals surface area (Å²) < 4.78 is 0. The number of nitrogens with zero attached hydrogens (tertiary/aromatic N) is 1. The number of amides is 1. The van der Waals surface area contributed by atoms with Crippen LogP contribution in [0.15, 0.2) is 24.3 Å². The van der Waals surface area contributed by atoms with E-state index < -0.39 is 0 Å². The van der Waals surface area contributed by atoms with E-state index in [0.29, 0.717) is 24.3 Å². The van der Waals surface area contributed by atoms with Crippen molar-refractivity contribution in [1.82, 2.24) is 4.90 Å². The van der Waals surface area contributed by atoms with Crippen molar-refractivity contribution in [2.24, 2.45) is 5.92 Å². The quantitative estimate of drug-likeness (QED) is 0.795. The van der Waals surface area contributed by atoms with Crippen LogP contribution in [0.2, 0.25) is 0 Å². The molecule has 0 aromatic heterocycles. The second-order valence-electron chi connectivity index (χ2n) is 5.70. The van der Waals surface area contributed by atoms with Gasteiger partial charge in [0.1, 0.15) is 0 Å². The second kappa shape index (κ2) is 5.55. The van der Waals surface area contributed by atoms with Crippen LogP contribution < -0.4 is 0 Å².